The number of nitro groups is 1. The van der Waals surface area contributed by atoms with Gasteiger partial charge in [-0.3, -0.25) is 10.1 Å². The molecule has 0 heterocycles. The zero-order chi connectivity index (χ0) is 11.4. The number of benzene rings is 1. The molecule has 4 heteroatoms. The van der Waals surface area contributed by atoms with E-state index in [1.807, 2.05) is 26.8 Å². The van der Waals surface area contributed by atoms with Crippen LogP contribution in [0.3, 0.4) is 0 Å². The fourth-order valence-electron chi connectivity index (χ4n) is 1.57. The summed E-state index contributed by atoms with van der Waals surface area (Å²) in [5.74, 6) is 0. The van der Waals surface area contributed by atoms with Gasteiger partial charge in [0, 0.05) is 12.6 Å². The van der Waals surface area contributed by atoms with Crippen molar-refractivity contribution >= 4 is 11.4 Å². The van der Waals surface area contributed by atoms with Crippen LogP contribution in [0, 0.1) is 24.0 Å². The maximum atomic E-state index is 10.9. The van der Waals surface area contributed by atoms with Gasteiger partial charge in [0.25, 0.3) is 5.69 Å². The third kappa shape index (κ3) is 2.68. The van der Waals surface area contributed by atoms with E-state index in [1.54, 1.807) is 6.07 Å². The first kappa shape index (κ1) is 11.5. The number of nitrogens with zero attached hydrogens (tertiary/aromatic N) is 1. The van der Waals surface area contributed by atoms with Gasteiger partial charge in [0.2, 0.25) is 0 Å². The minimum atomic E-state index is -0.335. The van der Waals surface area contributed by atoms with Crippen molar-refractivity contribution in [3.8, 4) is 0 Å². The molecule has 0 aliphatic carbocycles. The molecule has 0 aliphatic heterocycles. The second kappa shape index (κ2) is 4.77. The van der Waals surface area contributed by atoms with Crippen LogP contribution >= 0.6 is 0 Å². The Balaban J connectivity index is 3.15. The Morgan fingerprint density at radius 1 is 1.40 bits per heavy atom. The van der Waals surface area contributed by atoms with E-state index in [0.717, 1.165) is 24.1 Å². The SMILES string of the molecule is CCCNc1c(C)cc(C)cc1[N+](=O)[O-]. The Hall–Kier alpha value is -1.58. The highest BCUT2D eigenvalue weighted by atomic mass is 16.6. The number of hydrogen-bond donors (Lipinski definition) is 1. The zero-order valence-electron chi connectivity index (χ0n) is 9.33. The first-order chi connectivity index (χ1) is 7.06. The van der Waals surface area contributed by atoms with E-state index < -0.39 is 0 Å². The molecule has 0 aromatic heterocycles. The van der Waals surface area contributed by atoms with Crippen molar-refractivity contribution in [3.63, 3.8) is 0 Å². The van der Waals surface area contributed by atoms with Gasteiger partial charge in [0.05, 0.1) is 4.92 Å². The van der Waals surface area contributed by atoms with E-state index in [-0.39, 0.29) is 10.6 Å². The van der Waals surface area contributed by atoms with Crippen molar-refractivity contribution < 1.29 is 4.92 Å². The lowest BCUT2D eigenvalue weighted by Crippen LogP contribution is -2.05. The molecule has 0 spiro atoms. The van der Waals surface area contributed by atoms with Gasteiger partial charge in [-0.2, -0.15) is 0 Å². The number of rotatable bonds is 4. The summed E-state index contributed by atoms with van der Waals surface area (Å²) in [6.45, 7) is 6.54. The largest absolute Gasteiger partial charge is 0.379 e. The van der Waals surface area contributed by atoms with Crippen molar-refractivity contribution in [1.29, 1.82) is 0 Å². The topological polar surface area (TPSA) is 55.2 Å². The molecule has 0 aliphatic rings. The number of anilines is 1. The van der Waals surface area contributed by atoms with Crippen LogP contribution < -0.4 is 5.32 Å². The fourth-order valence-corrected chi connectivity index (χ4v) is 1.57. The predicted octanol–water partition coefficient (Wildman–Crippen LogP) is 3.03. The molecule has 0 radical (unpaired) electrons. The first-order valence-corrected chi connectivity index (χ1v) is 5.05. The maximum absolute atomic E-state index is 10.9. The molecule has 0 atom stereocenters. The van der Waals surface area contributed by atoms with E-state index in [1.165, 1.54) is 0 Å². The van der Waals surface area contributed by atoms with Gasteiger partial charge in [0.15, 0.2) is 0 Å². The third-order valence-electron chi connectivity index (χ3n) is 2.21. The lowest BCUT2D eigenvalue weighted by Gasteiger charge is -2.09. The summed E-state index contributed by atoms with van der Waals surface area (Å²) in [5.41, 5.74) is 2.66. The Kier molecular flexibility index (Phi) is 3.66. The van der Waals surface area contributed by atoms with Crippen molar-refractivity contribution in [2.75, 3.05) is 11.9 Å². The summed E-state index contributed by atoms with van der Waals surface area (Å²) in [7, 11) is 0. The molecule has 0 bridgehead atoms. The Bertz CT molecular complexity index is 375. The molecule has 82 valence electrons. The van der Waals surface area contributed by atoms with Crippen LogP contribution in [-0.4, -0.2) is 11.5 Å². The van der Waals surface area contributed by atoms with Crippen LogP contribution in [0.1, 0.15) is 24.5 Å². The Morgan fingerprint density at radius 3 is 2.60 bits per heavy atom. The van der Waals surface area contributed by atoms with Gasteiger partial charge in [-0.1, -0.05) is 13.0 Å². The number of nitro benzene ring substituents is 1. The molecule has 1 N–H and O–H groups in total. The smallest absolute Gasteiger partial charge is 0.292 e. The van der Waals surface area contributed by atoms with Crippen molar-refractivity contribution in [3.05, 3.63) is 33.4 Å². The van der Waals surface area contributed by atoms with Gasteiger partial charge in [-0.25, -0.2) is 0 Å². The molecule has 1 aromatic carbocycles. The van der Waals surface area contributed by atoms with Crippen molar-refractivity contribution in [1.82, 2.24) is 0 Å². The average Bonchev–Trinajstić information content (AvgIpc) is 2.15. The zero-order valence-corrected chi connectivity index (χ0v) is 9.33. The van der Waals surface area contributed by atoms with E-state index in [0.29, 0.717) is 5.69 Å². The minimum Gasteiger partial charge on any atom is -0.379 e. The second-order valence-corrected chi connectivity index (χ2v) is 3.66. The first-order valence-electron chi connectivity index (χ1n) is 5.05. The number of aryl methyl sites for hydroxylation is 2. The standard InChI is InChI=1S/C11H16N2O2/c1-4-5-12-11-9(3)6-8(2)7-10(11)13(14)15/h6-7,12H,4-5H2,1-3H3. The summed E-state index contributed by atoms with van der Waals surface area (Å²) < 4.78 is 0. The van der Waals surface area contributed by atoms with Crippen LogP contribution in [0.4, 0.5) is 11.4 Å². The summed E-state index contributed by atoms with van der Waals surface area (Å²) in [4.78, 5) is 10.5. The molecular formula is C11H16N2O2. The van der Waals surface area contributed by atoms with Crippen LogP contribution in [0.2, 0.25) is 0 Å². The lowest BCUT2D eigenvalue weighted by atomic mass is 10.1. The van der Waals surface area contributed by atoms with E-state index in [4.69, 9.17) is 0 Å². The molecule has 0 saturated carbocycles. The molecule has 0 unspecified atom stereocenters. The van der Waals surface area contributed by atoms with Crippen LogP contribution in [0.5, 0.6) is 0 Å². The summed E-state index contributed by atoms with van der Waals surface area (Å²) in [6.07, 6.45) is 0.949. The van der Waals surface area contributed by atoms with Gasteiger partial charge < -0.3 is 5.32 Å². The van der Waals surface area contributed by atoms with Crippen molar-refractivity contribution in [2.24, 2.45) is 0 Å². The normalized spacial score (nSPS) is 10.1. The molecule has 4 nitrogen and oxygen atoms in total. The summed E-state index contributed by atoms with van der Waals surface area (Å²) in [6, 6.07) is 3.55. The summed E-state index contributed by atoms with van der Waals surface area (Å²) >= 11 is 0. The monoisotopic (exact) mass is 208 g/mol. The minimum absolute atomic E-state index is 0.168. The average molecular weight is 208 g/mol. The highest BCUT2D eigenvalue weighted by Crippen LogP contribution is 2.29. The molecule has 0 amide bonds. The second-order valence-electron chi connectivity index (χ2n) is 3.66. The molecule has 1 aromatic rings. The van der Waals surface area contributed by atoms with E-state index in [2.05, 4.69) is 5.32 Å². The van der Waals surface area contributed by atoms with E-state index >= 15 is 0 Å². The fraction of sp³-hybridized carbons (Fsp3) is 0.455. The molecule has 1 rings (SSSR count). The molecule has 0 saturated heterocycles. The van der Waals surface area contributed by atoms with Crippen molar-refractivity contribution in [2.45, 2.75) is 27.2 Å². The maximum Gasteiger partial charge on any atom is 0.292 e. The van der Waals surface area contributed by atoms with Crippen LogP contribution in [0.25, 0.3) is 0 Å². The lowest BCUT2D eigenvalue weighted by molar-refractivity contribution is -0.384. The molecular weight excluding hydrogens is 192 g/mol. The Labute approximate surface area is 89.5 Å². The third-order valence-corrected chi connectivity index (χ3v) is 2.21. The van der Waals surface area contributed by atoms with Crippen LogP contribution in [0.15, 0.2) is 12.1 Å². The summed E-state index contributed by atoms with van der Waals surface area (Å²) in [5, 5.41) is 14.0. The quantitative estimate of drug-likeness (QED) is 0.611. The number of hydrogen-bond acceptors (Lipinski definition) is 3. The number of nitrogens with one attached hydrogen (secondary N) is 1. The van der Waals surface area contributed by atoms with Gasteiger partial charge in [-0.15, -0.1) is 0 Å². The van der Waals surface area contributed by atoms with Gasteiger partial charge in [-0.05, 0) is 31.4 Å². The van der Waals surface area contributed by atoms with Gasteiger partial charge >= 0.3 is 0 Å². The molecule has 15 heavy (non-hydrogen) atoms. The highest BCUT2D eigenvalue weighted by Gasteiger charge is 2.15. The Morgan fingerprint density at radius 2 is 2.07 bits per heavy atom. The predicted molar refractivity (Wildman–Crippen MR) is 61.4 cm³/mol. The molecule has 0 fully saturated rings. The van der Waals surface area contributed by atoms with Gasteiger partial charge in [0.1, 0.15) is 5.69 Å². The van der Waals surface area contributed by atoms with E-state index in [9.17, 15) is 10.1 Å². The highest BCUT2D eigenvalue weighted by molar-refractivity contribution is 5.67. The van der Waals surface area contributed by atoms with Crippen LogP contribution in [-0.2, 0) is 0 Å².